The van der Waals surface area contributed by atoms with Crippen molar-refractivity contribution in [1.29, 1.82) is 0 Å². The highest BCUT2D eigenvalue weighted by Crippen LogP contribution is 2.30. The third-order valence-electron chi connectivity index (χ3n) is 3.47. The van der Waals surface area contributed by atoms with E-state index in [9.17, 15) is 4.79 Å². The van der Waals surface area contributed by atoms with E-state index in [-0.39, 0.29) is 11.0 Å². The van der Waals surface area contributed by atoms with Crippen LogP contribution < -0.4 is 20.1 Å². The van der Waals surface area contributed by atoms with Crippen molar-refractivity contribution < 1.29 is 14.3 Å². The summed E-state index contributed by atoms with van der Waals surface area (Å²) in [6.45, 7) is 2.94. The van der Waals surface area contributed by atoms with Gasteiger partial charge < -0.3 is 14.8 Å². The average molecular weight is 407 g/mol. The van der Waals surface area contributed by atoms with Gasteiger partial charge in [-0.1, -0.05) is 15.9 Å². The Hall–Kier alpha value is -2.12. The maximum absolute atomic E-state index is 12.3. The summed E-state index contributed by atoms with van der Waals surface area (Å²) in [4.78, 5) is 12.3. The lowest BCUT2D eigenvalue weighted by atomic mass is 10.2. The quantitative estimate of drug-likeness (QED) is 0.745. The summed E-state index contributed by atoms with van der Waals surface area (Å²) in [5.41, 5.74) is 2.31. The number of nitrogens with one attached hydrogen (secondary N) is 2. The normalized spacial score (nSPS) is 12.4. The number of amides is 1. The van der Waals surface area contributed by atoms with Gasteiger partial charge in [0.2, 0.25) is 0 Å². The van der Waals surface area contributed by atoms with Crippen LogP contribution in [0.2, 0.25) is 0 Å². The van der Waals surface area contributed by atoms with Gasteiger partial charge in [-0.05, 0) is 61.1 Å². The highest BCUT2D eigenvalue weighted by Gasteiger charge is 2.15. The van der Waals surface area contributed by atoms with Crippen LogP contribution in [0.1, 0.15) is 15.9 Å². The molecule has 2 aromatic carbocycles. The largest absolute Gasteiger partial charge is 0.486 e. The number of aryl methyl sites for hydroxylation is 1. The number of benzene rings is 2. The zero-order valence-electron chi connectivity index (χ0n) is 12.9. The van der Waals surface area contributed by atoms with Crippen molar-refractivity contribution in [1.82, 2.24) is 5.32 Å². The molecule has 0 spiro atoms. The van der Waals surface area contributed by atoms with Crippen molar-refractivity contribution in [3.8, 4) is 11.5 Å². The predicted molar refractivity (Wildman–Crippen MR) is 100.0 cm³/mol. The Morgan fingerprint density at radius 1 is 1.12 bits per heavy atom. The molecule has 2 N–H and O–H groups in total. The minimum atomic E-state index is -0.306. The summed E-state index contributed by atoms with van der Waals surface area (Å²) < 4.78 is 11.9. The molecule has 0 unspecified atom stereocenters. The molecule has 1 aliphatic rings. The summed E-state index contributed by atoms with van der Waals surface area (Å²) in [5.74, 6) is 0.903. The van der Waals surface area contributed by atoms with Gasteiger partial charge in [0.15, 0.2) is 16.6 Å². The molecule has 0 bridgehead atoms. The monoisotopic (exact) mass is 406 g/mol. The number of anilines is 1. The molecule has 0 aromatic heterocycles. The highest BCUT2D eigenvalue weighted by atomic mass is 79.9. The summed E-state index contributed by atoms with van der Waals surface area (Å²) in [6, 6.07) is 10.8. The number of fused-ring (bicyclic) bond motifs is 1. The summed E-state index contributed by atoms with van der Waals surface area (Å²) >= 11 is 8.63. The van der Waals surface area contributed by atoms with Gasteiger partial charge in [-0.15, -0.1) is 0 Å². The number of halogens is 1. The Kier molecular flexibility index (Phi) is 5.01. The second-order valence-electron chi connectivity index (χ2n) is 5.23. The fraction of sp³-hybridized carbons (Fsp3) is 0.176. The topological polar surface area (TPSA) is 59.6 Å². The zero-order chi connectivity index (χ0) is 17.1. The van der Waals surface area contributed by atoms with E-state index >= 15 is 0 Å². The number of carbonyl (C=O) groups is 1. The van der Waals surface area contributed by atoms with E-state index in [4.69, 9.17) is 21.7 Å². The lowest BCUT2D eigenvalue weighted by Crippen LogP contribution is -2.34. The van der Waals surface area contributed by atoms with E-state index in [1.807, 2.05) is 25.1 Å². The Morgan fingerprint density at radius 2 is 1.88 bits per heavy atom. The van der Waals surface area contributed by atoms with Gasteiger partial charge in [-0.25, -0.2) is 0 Å². The van der Waals surface area contributed by atoms with Gasteiger partial charge in [0.25, 0.3) is 5.91 Å². The third kappa shape index (κ3) is 3.85. The van der Waals surface area contributed by atoms with Gasteiger partial charge in [-0.3, -0.25) is 10.1 Å². The first-order valence-corrected chi connectivity index (χ1v) is 8.51. The zero-order valence-corrected chi connectivity index (χ0v) is 15.3. The van der Waals surface area contributed by atoms with Crippen LogP contribution in [0.5, 0.6) is 11.5 Å². The molecule has 5 nitrogen and oxygen atoms in total. The molecule has 3 rings (SSSR count). The Morgan fingerprint density at radius 3 is 2.62 bits per heavy atom. The number of thiocarbonyl (C=S) groups is 1. The van der Waals surface area contributed by atoms with E-state index in [0.717, 1.165) is 15.7 Å². The van der Waals surface area contributed by atoms with Crippen molar-refractivity contribution >= 4 is 44.9 Å². The lowest BCUT2D eigenvalue weighted by molar-refractivity contribution is 0.0976. The molecule has 1 amide bonds. The first-order chi connectivity index (χ1) is 11.5. The van der Waals surface area contributed by atoms with E-state index in [1.165, 1.54) is 0 Å². The van der Waals surface area contributed by atoms with Crippen LogP contribution in [0.3, 0.4) is 0 Å². The van der Waals surface area contributed by atoms with Gasteiger partial charge in [-0.2, -0.15) is 0 Å². The predicted octanol–water partition coefficient (Wildman–Crippen LogP) is 3.66. The lowest BCUT2D eigenvalue weighted by Gasteiger charge is -2.18. The molecule has 124 valence electrons. The van der Waals surface area contributed by atoms with E-state index in [1.54, 1.807) is 18.2 Å². The average Bonchev–Trinajstić information content (AvgIpc) is 2.57. The molecule has 2 aromatic rings. The van der Waals surface area contributed by atoms with Crippen LogP contribution in [0.25, 0.3) is 0 Å². The van der Waals surface area contributed by atoms with Crippen LogP contribution in [0, 0.1) is 6.92 Å². The molecule has 0 saturated heterocycles. The second kappa shape index (κ2) is 7.19. The first kappa shape index (κ1) is 16.7. The number of carbonyl (C=O) groups excluding carboxylic acids is 1. The Bertz CT molecular complexity index is 810. The van der Waals surface area contributed by atoms with Crippen LogP contribution >= 0.6 is 28.1 Å². The van der Waals surface area contributed by atoms with Crippen molar-refractivity contribution in [2.75, 3.05) is 18.5 Å². The maximum atomic E-state index is 12.3. The van der Waals surface area contributed by atoms with Crippen molar-refractivity contribution in [2.24, 2.45) is 0 Å². The molecule has 1 heterocycles. The molecule has 0 atom stereocenters. The van der Waals surface area contributed by atoms with E-state index < -0.39 is 0 Å². The molecular weight excluding hydrogens is 392 g/mol. The van der Waals surface area contributed by atoms with Gasteiger partial charge in [0.1, 0.15) is 13.2 Å². The van der Waals surface area contributed by atoms with Crippen LogP contribution in [0.4, 0.5) is 5.69 Å². The van der Waals surface area contributed by atoms with Gasteiger partial charge in [0, 0.05) is 15.7 Å². The maximum Gasteiger partial charge on any atom is 0.257 e. The highest BCUT2D eigenvalue weighted by molar-refractivity contribution is 9.10. The molecular formula is C17H15BrN2O3S. The first-order valence-electron chi connectivity index (χ1n) is 7.31. The third-order valence-corrected chi connectivity index (χ3v) is 4.17. The molecule has 24 heavy (non-hydrogen) atoms. The molecule has 0 radical (unpaired) electrons. The molecule has 0 aliphatic carbocycles. The Labute approximate surface area is 153 Å². The van der Waals surface area contributed by atoms with Crippen molar-refractivity contribution in [3.05, 3.63) is 52.0 Å². The number of ether oxygens (including phenoxy) is 2. The minimum absolute atomic E-state index is 0.236. The van der Waals surface area contributed by atoms with Crippen molar-refractivity contribution in [3.63, 3.8) is 0 Å². The van der Waals surface area contributed by atoms with Crippen LogP contribution in [-0.2, 0) is 0 Å². The number of hydrogen-bond acceptors (Lipinski definition) is 4. The van der Waals surface area contributed by atoms with Gasteiger partial charge in [0.05, 0.1) is 0 Å². The molecule has 1 aliphatic heterocycles. The summed E-state index contributed by atoms with van der Waals surface area (Å²) in [5, 5.41) is 5.93. The van der Waals surface area contributed by atoms with E-state index in [2.05, 4.69) is 26.6 Å². The van der Waals surface area contributed by atoms with Crippen LogP contribution in [-0.4, -0.2) is 24.2 Å². The molecule has 0 fully saturated rings. The number of hydrogen-bond donors (Lipinski definition) is 2. The summed E-state index contributed by atoms with van der Waals surface area (Å²) in [6.07, 6.45) is 0. The van der Waals surface area contributed by atoms with Crippen LogP contribution in [0.15, 0.2) is 40.9 Å². The smallest absolute Gasteiger partial charge is 0.257 e. The SMILES string of the molecule is Cc1cc(Br)ccc1NC(=S)NC(=O)c1ccc2c(c1)OCCO2. The standard InChI is InChI=1S/C17H15BrN2O3S/c1-10-8-12(18)3-4-13(10)19-17(24)20-16(21)11-2-5-14-15(9-11)23-7-6-22-14/h2-5,8-9H,6-7H2,1H3,(H2,19,20,21,24). The second-order valence-corrected chi connectivity index (χ2v) is 6.55. The Balaban J connectivity index is 1.67. The summed E-state index contributed by atoms with van der Waals surface area (Å²) in [7, 11) is 0. The fourth-order valence-electron chi connectivity index (χ4n) is 2.28. The molecule has 7 heteroatoms. The van der Waals surface area contributed by atoms with Gasteiger partial charge >= 0.3 is 0 Å². The fourth-order valence-corrected chi connectivity index (χ4v) is 2.96. The number of rotatable bonds is 2. The molecule has 0 saturated carbocycles. The minimum Gasteiger partial charge on any atom is -0.486 e. The van der Waals surface area contributed by atoms with Crippen molar-refractivity contribution in [2.45, 2.75) is 6.92 Å². The van der Waals surface area contributed by atoms with E-state index in [0.29, 0.717) is 30.3 Å².